The van der Waals surface area contributed by atoms with Crippen LogP contribution in [0.2, 0.25) is 5.15 Å². The largest absolute Gasteiger partial charge is 0.368 e. The van der Waals surface area contributed by atoms with E-state index in [0.29, 0.717) is 29.5 Å². The van der Waals surface area contributed by atoms with Gasteiger partial charge in [0.2, 0.25) is 0 Å². The normalized spacial score (nSPS) is 13.2. The van der Waals surface area contributed by atoms with Crippen molar-refractivity contribution in [1.82, 2.24) is 25.1 Å². The van der Waals surface area contributed by atoms with Crippen molar-refractivity contribution in [2.75, 3.05) is 18.4 Å². The van der Waals surface area contributed by atoms with Crippen molar-refractivity contribution in [3.05, 3.63) is 63.0 Å². The Labute approximate surface area is 201 Å². The number of rotatable bonds is 6. The summed E-state index contributed by atoms with van der Waals surface area (Å²) in [5.41, 5.74) is 3.19. The highest BCUT2D eigenvalue weighted by Gasteiger charge is 2.22. The number of carbonyl (C=O) groups is 1. The summed E-state index contributed by atoms with van der Waals surface area (Å²) in [5.74, 6) is 1.37. The molecule has 0 saturated carbocycles. The molecule has 1 aromatic carbocycles. The van der Waals surface area contributed by atoms with Crippen LogP contribution in [0.5, 0.6) is 0 Å². The summed E-state index contributed by atoms with van der Waals surface area (Å²) < 4.78 is 1.59. The van der Waals surface area contributed by atoms with E-state index in [9.17, 15) is 4.79 Å². The predicted molar refractivity (Wildman–Crippen MR) is 133 cm³/mol. The minimum atomic E-state index is -0.238. The average molecular weight is 481 g/mol. The monoisotopic (exact) mass is 480 g/mol. The fraction of sp³-hybridized carbons (Fsp3) is 0.333. The predicted octanol–water partition coefficient (Wildman–Crippen LogP) is 4.87. The van der Waals surface area contributed by atoms with Crippen LogP contribution in [0.25, 0.3) is 15.9 Å². The molecule has 2 N–H and O–H groups in total. The zero-order valence-electron chi connectivity index (χ0n) is 18.6. The highest BCUT2D eigenvalue weighted by Crippen LogP contribution is 2.38. The van der Waals surface area contributed by atoms with Crippen LogP contribution in [0.3, 0.4) is 0 Å². The third-order valence-corrected chi connectivity index (χ3v) is 7.40. The second kappa shape index (κ2) is 9.11. The van der Waals surface area contributed by atoms with Crippen LogP contribution in [0.1, 0.15) is 45.2 Å². The minimum Gasteiger partial charge on any atom is -0.368 e. The molecule has 3 heterocycles. The first kappa shape index (κ1) is 21.9. The number of nitrogens with one attached hydrogen (secondary N) is 2. The lowest BCUT2D eigenvalue weighted by Crippen LogP contribution is -2.29. The fourth-order valence-electron chi connectivity index (χ4n) is 4.33. The minimum absolute atomic E-state index is 0.238. The van der Waals surface area contributed by atoms with E-state index in [1.807, 2.05) is 37.3 Å². The molecule has 5 rings (SSSR count). The summed E-state index contributed by atoms with van der Waals surface area (Å²) in [6, 6.07) is 9.54. The van der Waals surface area contributed by atoms with E-state index >= 15 is 0 Å². The van der Waals surface area contributed by atoms with E-state index in [1.54, 1.807) is 22.9 Å². The fourth-order valence-corrected chi connectivity index (χ4v) is 6.00. The summed E-state index contributed by atoms with van der Waals surface area (Å²) in [6.07, 6.45) is 4.65. The number of hydrogen-bond acceptors (Lipinski definition) is 6. The van der Waals surface area contributed by atoms with Crippen molar-refractivity contribution >= 4 is 44.9 Å². The number of aromatic nitrogens is 4. The average Bonchev–Trinajstić information content (AvgIpc) is 3.33. The maximum Gasteiger partial charge on any atom is 0.256 e. The quantitative estimate of drug-likeness (QED) is 0.385. The summed E-state index contributed by atoms with van der Waals surface area (Å²) in [6.45, 7) is 4.69. The maximum absolute atomic E-state index is 12.9. The topological polar surface area (TPSA) is 84.7 Å². The van der Waals surface area contributed by atoms with E-state index < -0.39 is 0 Å². The van der Waals surface area contributed by atoms with Crippen LogP contribution in [0.15, 0.2) is 30.3 Å². The van der Waals surface area contributed by atoms with E-state index in [1.165, 1.54) is 23.3 Å². The number of aryl methyl sites for hydroxylation is 4. The number of fused-ring (bicyclic) bond motifs is 3. The summed E-state index contributed by atoms with van der Waals surface area (Å²) in [4.78, 5) is 24.7. The van der Waals surface area contributed by atoms with E-state index in [4.69, 9.17) is 11.6 Å². The molecule has 3 aromatic heterocycles. The Balaban J connectivity index is 1.28. The maximum atomic E-state index is 12.9. The molecule has 4 aromatic rings. The van der Waals surface area contributed by atoms with E-state index in [-0.39, 0.29) is 5.91 Å². The van der Waals surface area contributed by atoms with Gasteiger partial charge < -0.3 is 10.6 Å². The molecular formula is C24H25ClN6OS. The first-order valence-corrected chi connectivity index (χ1v) is 12.3. The first-order chi connectivity index (χ1) is 16.0. The van der Waals surface area contributed by atoms with Gasteiger partial charge in [-0.25, -0.2) is 14.6 Å². The highest BCUT2D eigenvalue weighted by molar-refractivity contribution is 7.19. The highest BCUT2D eigenvalue weighted by atomic mass is 35.5. The van der Waals surface area contributed by atoms with Gasteiger partial charge in [-0.05, 0) is 57.2 Å². The Morgan fingerprint density at radius 2 is 1.91 bits per heavy atom. The van der Waals surface area contributed by atoms with Gasteiger partial charge in [0.15, 0.2) is 0 Å². The molecule has 0 spiro atoms. The van der Waals surface area contributed by atoms with Crippen LogP contribution in [-0.4, -0.2) is 38.7 Å². The van der Waals surface area contributed by atoms with Crippen LogP contribution in [0, 0.1) is 13.8 Å². The lowest BCUT2D eigenvalue weighted by molar-refractivity contribution is 0.0954. The van der Waals surface area contributed by atoms with Gasteiger partial charge in [0, 0.05) is 18.0 Å². The molecule has 1 amide bonds. The van der Waals surface area contributed by atoms with Gasteiger partial charge in [-0.2, -0.15) is 5.10 Å². The molecule has 0 atom stereocenters. The molecule has 0 unspecified atom stereocenters. The SMILES string of the molecule is Cc1nc(NCCNC(=O)c2c(C)nn(-c3ccccc3)c2Cl)c2c3c(sc2n1)CCCC3. The van der Waals surface area contributed by atoms with Crippen molar-refractivity contribution in [2.24, 2.45) is 0 Å². The molecule has 7 nitrogen and oxygen atoms in total. The number of benzene rings is 1. The molecule has 0 aliphatic heterocycles. The molecule has 1 aliphatic carbocycles. The van der Waals surface area contributed by atoms with Crippen molar-refractivity contribution < 1.29 is 4.79 Å². The number of carbonyl (C=O) groups excluding carboxylic acids is 1. The Bertz CT molecular complexity index is 1330. The molecule has 170 valence electrons. The number of thiophene rings is 1. The molecule has 9 heteroatoms. The van der Waals surface area contributed by atoms with Crippen molar-refractivity contribution in [2.45, 2.75) is 39.5 Å². The molecule has 33 heavy (non-hydrogen) atoms. The third kappa shape index (κ3) is 4.20. The summed E-state index contributed by atoms with van der Waals surface area (Å²) >= 11 is 8.30. The van der Waals surface area contributed by atoms with E-state index in [0.717, 1.165) is 40.4 Å². The zero-order chi connectivity index (χ0) is 22.9. The smallest absolute Gasteiger partial charge is 0.256 e. The second-order valence-corrected chi connectivity index (χ2v) is 9.63. The molecule has 0 saturated heterocycles. The van der Waals surface area contributed by atoms with Gasteiger partial charge in [-0.1, -0.05) is 29.8 Å². The van der Waals surface area contributed by atoms with Crippen LogP contribution in [-0.2, 0) is 12.8 Å². The van der Waals surface area contributed by atoms with Gasteiger partial charge in [-0.3, -0.25) is 4.79 Å². The Hall–Kier alpha value is -2.97. The number of hydrogen-bond donors (Lipinski definition) is 2. The van der Waals surface area contributed by atoms with Crippen LogP contribution < -0.4 is 10.6 Å². The summed E-state index contributed by atoms with van der Waals surface area (Å²) in [5, 5.41) is 12.3. The van der Waals surface area contributed by atoms with E-state index in [2.05, 4.69) is 25.7 Å². The number of nitrogens with zero attached hydrogens (tertiary/aromatic N) is 4. The second-order valence-electron chi connectivity index (χ2n) is 8.19. The van der Waals surface area contributed by atoms with Gasteiger partial charge in [0.05, 0.1) is 22.3 Å². The Morgan fingerprint density at radius 1 is 1.12 bits per heavy atom. The number of amides is 1. The molecular weight excluding hydrogens is 456 g/mol. The standard InChI is InChI=1S/C24H25ClN6OS/c1-14-19(21(25)31(30-14)16-8-4-3-5-9-16)23(32)27-13-12-26-22-20-17-10-6-7-11-18(17)33-24(20)29-15(2)28-22/h3-5,8-9H,6-7,10-13H2,1-2H3,(H,27,32)(H,26,28,29). The van der Waals surface area contributed by atoms with Crippen molar-refractivity contribution in [3.8, 4) is 5.69 Å². The van der Waals surface area contributed by atoms with Gasteiger partial charge in [-0.15, -0.1) is 11.3 Å². The van der Waals surface area contributed by atoms with Crippen LogP contribution >= 0.6 is 22.9 Å². The van der Waals surface area contributed by atoms with Gasteiger partial charge >= 0.3 is 0 Å². The lowest BCUT2D eigenvalue weighted by atomic mass is 9.97. The number of para-hydroxylation sites is 1. The molecule has 0 radical (unpaired) electrons. The zero-order valence-corrected chi connectivity index (χ0v) is 20.2. The summed E-state index contributed by atoms with van der Waals surface area (Å²) in [7, 11) is 0. The van der Waals surface area contributed by atoms with Crippen molar-refractivity contribution in [1.29, 1.82) is 0 Å². The Kier molecular flexibility index (Phi) is 6.03. The number of halogens is 1. The number of anilines is 1. The third-order valence-electron chi connectivity index (χ3n) is 5.86. The molecule has 0 fully saturated rings. The van der Waals surface area contributed by atoms with Gasteiger partial charge in [0.1, 0.15) is 21.6 Å². The molecule has 0 bridgehead atoms. The lowest BCUT2D eigenvalue weighted by Gasteiger charge is -2.13. The van der Waals surface area contributed by atoms with Gasteiger partial charge in [0.25, 0.3) is 5.91 Å². The first-order valence-electron chi connectivity index (χ1n) is 11.1. The molecule has 1 aliphatic rings. The van der Waals surface area contributed by atoms with Crippen molar-refractivity contribution in [3.63, 3.8) is 0 Å². The van der Waals surface area contributed by atoms with Crippen LogP contribution in [0.4, 0.5) is 5.82 Å². The Morgan fingerprint density at radius 3 is 2.73 bits per heavy atom.